The molecule has 2 heterocycles. The molecule has 0 bridgehead atoms. The molecular formula is C22H29N5O2. The van der Waals surface area contributed by atoms with Gasteiger partial charge in [0.05, 0.1) is 24.1 Å². The topological polar surface area (TPSA) is 81.1 Å². The summed E-state index contributed by atoms with van der Waals surface area (Å²) in [5.41, 5.74) is 3.59. The van der Waals surface area contributed by atoms with E-state index >= 15 is 0 Å². The summed E-state index contributed by atoms with van der Waals surface area (Å²) in [5.74, 6) is 0.576. The molecule has 0 spiro atoms. The average Bonchev–Trinajstić information content (AvgIpc) is 2.70. The molecule has 1 aromatic carbocycles. The first-order chi connectivity index (χ1) is 14.0. The van der Waals surface area contributed by atoms with Crippen LogP contribution in [0.15, 0.2) is 41.5 Å². The van der Waals surface area contributed by atoms with Crippen molar-refractivity contribution >= 4 is 16.7 Å². The molecule has 3 aromatic rings. The van der Waals surface area contributed by atoms with E-state index in [-0.39, 0.29) is 11.6 Å². The van der Waals surface area contributed by atoms with E-state index in [4.69, 9.17) is 9.72 Å². The maximum Gasteiger partial charge on any atom is 0.264 e. The van der Waals surface area contributed by atoms with Crippen LogP contribution in [0.4, 0.5) is 5.82 Å². The Kier molecular flexibility index (Phi) is 6.95. The van der Waals surface area contributed by atoms with Gasteiger partial charge < -0.3 is 19.9 Å². The van der Waals surface area contributed by atoms with Gasteiger partial charge in [0.1, 0.15) is 11.2 Å². The minimum Gasteiger partial charge on any atom is -0.383 e. The van der Waals surface area contributed by atoms with Crippen molar-refractivity contribution in [3.05, 3.63) is 52.6 Å². The quantitative estimate of drug-likeness (QED) is 0.542. The van der Waals surface area contributed by atoms with Gasteiger partial charge >= 0.3 is 0 Å². The summed E-state index contributed by atoms with van der Waals surface area (Å²) in [6, 6.07) is 10.4. The number of nitrogens with zero attached hydrogens (tertiary/aromatic N) is 3. The van der Waals surface area contributed by atoms with E-state index in [1.807, 2.05) is 19.9 Å². The minimum absolute atomic E-state index is 0.103. The monoisotopic (exact) mass is 395 g/mol. The Morgan fingerprint density at radius 3 is 2.62 bits per heavy atom. The summed E-state index contributed by atoms with van der Waals surface area (Å²) in [5, 5.41) is 7.17. The van der Waals surface area contributed by atoms with Crippen molar-refractivity contribution in [3.63, 3.8) is 0 Å². The van der Waals surface area contributed by atoms with Crippen molar-refractivity contribution in [2.75, 3.05) is 32.1 Å². The molecule has 2 aromatic heterocycles. The van der Waals surface area contributed by atoms with Crippen LogP contribution in [0.3, 0.4) is 0 Å². The second kappa shape index (κ2) is 9.62. The lowest BCUT2D eigenvalue weighted by Gasteiger charge is -2.14. The lowest BCUT2D eigenvalue weighted by molar-refractivity contribution is 0.199. The van der Waals surface area contributed by atoms with Crippen molar-refractivity contribution < 1.29 is 4.74 Å². The highest BCUT2D eigenvalue weighted by molar-refractivity contribution is 5.91. The third-order valence-electron chi connectivity index (χ3n) is 4.65. The van der Waals surface area contributed by atoms with Gasteiger partial charge in [0.25, 0.3) is 5.56 Å². The number of fused-ring (bicyclic) bond motifs is 1. The normalized spacial score (nSPS) is 11.3. The lowest BCUT2D eigenvalue weighted by atomic mass is 10.1. The fraction of sp³-hybridized carbons (Fsp3) is 0.409. The molecule has 3 rings (SSSR count). The molecule has 0 aliphatic rings. The third-order valence-corrected chi connectivity index (χ3v) is 4.65. The van der Waals surface area contributed by atoms with Crippen LogP contribution >= 0.6 is 0 Å². The Morgan fingerprint density at radius 1 is 1.17 bits per heavy atom. The van der Waals surface area contributed by atoms with Crippen LogP contribution in [0, 0.1) is 0 Å². The summed E-state index contributed by atoms with van der Waals surface area (Å²) in [4.78, 5) is 21.8. The van der Waals surface area contributed by atoms with Crippen molar-refractivity contribution in [3.8, 4) is 11.3 Å². The van der Waals surface area contributed by atoms with Crippen LogP contribution in [0.5, 0.6) is 0 Å². The fourth-order valence-electron chi connectivity index (χ4n) is 3.12. The number of methoxy groups -OCH3 is 1. The molecule has 0 aliphatic heterocycles. The predicted octanol–water partition coefficient (Wildman–Crippen LogP) is 2.59. The molecule has 0 fully saturated rings. The van der Waals surface area contributed by atoms with Gasteiger partial charge in [0.15, 0.2) is 0 Å². The zero-order valence-electron chi connectivity index (χ0n) is 17.5. The Balaban J connectivity index is 1.87. The van der Waals surface area contributed by atoms with E-state index < -0.39 is 0 Å². The van der Waals surface area contributed by atoms with E-state index in [9.17, 15) is 4.79 Å². The molecule has 154 valence electrons. The van der Waals surface area contributed by atoms with Gasteiger partial charge in [-0.1, -0.05) is 24.3 Å². The molecular weight excluding hydrogens is 366 g/mol. The number of aryl methyl sites for hydroxylation is 1. The van der Waals surface area contributed by atoms with E-state index in [2.05, 4.69) is 39.9 Å². The van der Waals surface area contributed by atoms with Crippen molar-refractivity contribution in [1.82, 2.24) is 19.9 Å². The fourth-order valence-corrected chi connectivity index (χ4v) is 3.12. The van der Waals surface area contributed by atoms with Crippen LogP contribution in [-0.4, -0.2) is 47.4 Å². The first kappa shape index (κ1) is 21.0. The number of nitrogens with one attached hydrogen (secondary N) is 2. The van der Waals surface area contributed by atoms with Crippen molar-refractivity contribution in [2.45, 2.75) is 26.3 Å². The highest BCUT2D eigenvalue weighted by atomic mass is 16.5. The van der Waals surface area contributed by atoms with Crippen LogP contribution in [-0.2, 0) is 18.2 Å². The maximum atomic E-state index is 12.6. The van der Waals surface area contributed by atoms with Crippen molar-refractivity contribution in [1.29, 1.82) is 0 Å². The maximum absolute atomic E-state index is 12.6. The number of aromatic nitrogens is 3. The first-order valence-corrected chi connectivity index (χ1v) is 9.91. The van der Waals surface area contributed by atoms with E-state index in [0.29, 0.717) is 16.7 Å². The van der Waals surface area contributed by atoms with Crippen LogP contribution < -0.4 is 16.2 Å². The molecule has 0 atom stereocenters. The molecule has 2 N–H and O–H groups in total. The first-order valence-electron chi connectivity index (χ1n) is 9.91. The molecule has 7 nitrogen and oxygen atoms in total. The summed E-state index contributed by atoms with van der Waals surface area (Å²) in [6.07, 6.45) is 2.50. The molecule has 0 aliphatic carbocycles. The molecule has 0 radical (unpaired) electrons. The summed E-state index contributed by atoms with van der Waals surface area (Å²) < 4.78 is 6.51. The molecule has 0 saturated heterocycles. The van der Waals surface area contributed by atoms with Gasteiger partial charge in [0, 0.05) is 32.3 Å². The smallest absolute Gasteiger partial charge is 0.264 e. The highest BCUT2D eigenvalue weighted by Gasteiger charge is 2.14. The van der Waals surface area contributed by atoms with E-state index in [1.165, 1.54) is 10.1 Å². The Bertz CT molecular complexity index is 1010. The third kappa shape index (κ3) is 5.19. The van der Waals surface area contributed by atoms with Gasteiger partial charge in [-0.15, -0.1) is 0 Å². The van der Waals surface area contributed by atoms with E-state index in [0.717, 1.165) is 37.4 Å². The second-order valence-corrected chi connectivity index (χ2v) is 7.40. The number of hydrogen-bond donors (Lipinski definition) is 2. The van der Waals surface area contributed by atoms with E-state index in [1.54, 1.807) is 20.5 Å². The summed E-state index contributed by atoms with van der Waals surface area (Å²) in [6.45, 7) is 6.53. The van der Waals surface area contributed by atoms with Crippen LogP contribution in [0.2, 0.25) is 0 Å². The molecule has 29 heavy (non-hydrogen) atoms. The number of benzene rings is 1. The predicted molar refractivity (Wildman–Crippen MR) is 117 cm³/mol. The SMILES string of the molecule is COCCNCCc1ccc(-c2cc3ncn(C)c(=O)c3c(NC(C)C)n2)cc1. The number of ether oxygens (including phenoxy) is 1. The van der Waals surface area contributed by atoms with Crippen LogP contribution in [0.1, 0.15) is 19.4 Å². The highest BCUT2D eigenvalue weighted by Crippen LogP contribution is 2.25. The van der Waals surface area contributed by atoms with Gasteiger partial charge in [-0.3, -0.25) is 4.79 Å². The summed E-state index contributed by atoms with van der Waals surface area (Å²) >= 11 is 0. The molecule has 0 saturated carbocycles. The number of rotatable bonds is 9. The Labute approximate surface area is 171 Å². The van der Waals surface area contributed by atoms with Gasteiger partial charge in [0.2, 0.25) is 0 Å². The zero-order chi connectivity index (χ0) is 20.8. The molecule has 0 amide bonds. The van der Waals surface area contributed by atoms with Gasteiger partial charge in [-0.2, -0.15) is 0 Å². The number of hydrogen-bond acceptors (Lipinski definition) is 6. The van der Waals surface area contributed by atoms with Crippen molar-refractivity contribution in [2.24, 2.45) is 7.05 Å². The molecule has 7 heteroatoms. The Morgan fingerprint density at radius 2 is 1.93 bits per heavy atom. The van der Waals surface area contributed by atoms with Crippen LogP contribution in [0.25, 0.3) is 22.2 Å². The average molecular weight is 396 g/mol. The number of pyridine rings is 1. The summed E-state index contributed by atoms with van der Waals surface area (Å²) in [7, 11) is 3.40. The minimum atomic E-state index is -0.103. The molecule has 0 unspecified atom stereocenters. The standard InChI is InChI=1S/C22H29N5O2/c1-15(2)25-21-20-19(24-14-27(3)22(20)28)13-18(26-21)17-7-5-16(6-8-17)9-10-23-11-12-29-4/h5-8,13-15,23H,9-12H2,1-4H3,(H,25,26). The second-order valence-electron chi connectivity index (χ2n) is 7.40. The largest absolute Gasteiger partial charge is 0.383 e. The van der Waals surface area contributed by atoms with Gasteiger partial charge in [-0.05, 0) is 38.4 Å². The number of anilines is 1. The van der Waals surface area contributed by atoms with Gasteiger partial charge in [-0.25, -0.2) is 9.97 Å². The zero-order valence-corrected chi connectivity index (χ0v) is 17.5. The lowest BCUT2D eigenvalue weighted by Crippen LogP contribution is -2.21. The Hall–Kier alpha value is -2.77.